The van der Waals surface area contributed by atoms with Crippen molar-refractivity contribution in [2.45, 2.75) is 13.3 Å². The summed E-state index contributed by atoms with van der Waals surface area (Å²) in [7, 11) is 0. The minimum atomic E-state index is 0.647. The van der Waals surface area contributed by atoms with Crippen molar-refractivity contribution < 1.29 is 0 Å². The van der Waals surface area contributed by atoms with Gasteiger partial charge in [0.05, 0.1) is 5.69 Å². The van der Waals surface area contributed by atoms with E-state index in [-0.39, 0.29) is 0 Å². The highest BCUT2D eigenvalue weighted by Crippen LogP contribution is 2.28. The quantitative estimate of drug-likeness (QED) is 0.443. The van der Waals surface area contributed by atoms with Gasteiger partial charge in [-0.15, -0.1) is 11.3 Å². The van der Waals surface area contributed by atoms with Gasteiger partial charge in [0, 0.05) is 32.3 Å². The molecule has 0 saturated carbocycles. The summed E-state index contributed by atoms with van der Waals surface area (Å²) in [6.07, 6.45) is 0.647. The van der Waals surface area contributed by atoms with Crippen molar-refractivity contribution in [1.29, 1.82) is 0 Å². The van der Waals surface area contributed by atoms with Crippen LogP contribution in [0, 0.1) is 6.92 Å². The van der Waals surface area contributed by atoms with Crippen LogP contribution in [0.5, 0.6) is 0 Å². The van der Waals surface area contributed by atoms with E-state index >= 15 is 0 Å². The molecule has 0 aliphatic carbocycles. The number of thiazole rings is 1. The van der Waals surface area contributed by atoms with Gasteiger partial charge in [-0.25, -0.2) is 4.98 Å². The number of halogens is 1. The number of aromatic nitrogens is 1. The Labute approximate surface area is 144 Å². The lowest BCUT2D eigenvalue weighted by atomic mass is 10.1. The van der Waals surface area contributed by atoms with Crippen molar-refractivity contribution in [3.05, 3.63) is 75.8 Å². The maximum Gasteiger partial charge on any atom is 0.123 e. The minimum absolute atomic E-state index is 0.647. The molecule has 110 valence electrons. The van der Waals surface area contributed by atoms with Crippen LogP contribution in [0.1, 0.15) is 16.1 Å². The lowest BCUT2D eigenvalue weighted by molar-refractivity contribution is 1.17. The van der Waals surface area contributed by atoms with Gasteiger partial charge in [-0.1, -0.05) is 72.3 Å². The molecule has 0 bridgehead atoms. The molecule has 0 spiro atoms. The smallest absolute Gasteiger partial charge is 0.123 e. The molecule has 0 amide bonds. The summed E-state index contributed by atoms with van der Waals surface area (Å²) in [6.45, 7) is 2.09. The summed E-state index contributed by atoms with van der Waals surface area (Å²) in [5.41, 5.74) is 3.10. The van der Waals surface area contributed by atoms with Crippen LogP contribution < -0.4 is 0 Å². The molecular weight excluding hydrogens is 330 g/mol. The lowest BCUT2D eigenvalue weighted by Crippen LogP contribution is -2.04. The summed E-state index contributed by atoms with van der Waals surface area (Å²) in [6, 6.07) is 17.9. The Morgan fingerprint density at radius 2 is 1.77 bits per heavy atom. The zero-order chi connectivity index (χ0) is 15.5. The fourth-order valence-corrected chi connectivity index (χ4v) is 3.79. The number of nitrogens with zero attached hydrogens (tertiary/aromatic N) is 1. The topological polar surface area (TPSA) is 12.9 Å². The third-order valence-electron chi connectivity index (χ3n) is 3.42. The number of hydrogen-bond donors (Lipinski definition) is 0. The summed E-state index contributed by atoms with van der Waals surface area (Å²) < 4.78 is 0. The lowest BCUT2D eigenvalue weighted by Gasteiger charge is -2.05. The SMILES string of the molecule is Cc1sc(-c2ccccc2)nc1CC(=S)c1ccccc1Cl. The molecule has 22 heavy (non-hydrogen) atoms. The van der Waals surface area contributed by atoms with Crippen molar-refractivity contribution in [3.8, 4) is 10.6 Å². The van der Waals surface area contributed by atoms with Gasteiger partial charge in [-0.3, -0.25) is 0 Å². The molecule has 0 aliphatic heterocycles. The van der Waals surface area contributed by atoms with Crippen LogP contribution in [0.25, 0.3) is 10.6 Å². The largest absolute Gasteiger partial charge is 0.240 e. The van der Waals surface area contributed by atoms with Crippen molar-refractivity contribution in [2.24, 2.45) is 0 Å². The van der Waals surface area contributed by atoms with Gasteiger partial charge in [0.25, 0.3) is 0 Å². The van der Waals surface area contributed by atoms with E-state index in [2.05, 4.69) is 19.1 Å². The van der Waals surface area contributed by atoms with E-state index in [0.717, 1.165) is 26.7 Å². The van der Waals surface area contributed by atoms with E-state index in [1.807, 2.05) is 42.5 Å². The minimum Gasteiger partial charge on any atom is -0.240 e. The van der Waals surface area contributed by atoms with Crippen molar-refractivity contribution in [3.63, 3.8) is 0 Å². The second-order valence-corrected chi connectivity index (χ2v) is 7.07. The van der Waals surface area contributed by atoms with Crippen molar-refractivity contribution >= 4 is 40.0 Å². The molecule has 0 unspecified atom stereocenters. The molecule has 1 heterocycles. The van der Waals surface area contributed by atoms with Crippen LogP contribution in [0.2, 0.25) is 5.02 Å². The molecule has 1 nitrogen and oxygen atoms in total. The Bertz CT molecular complexity index is 809. The maximum atomic E-state index is 6.22. The van der Waals surface area contributed by atoms with Gasteiger partial charge in [0.15, 0.2) is 0 Å². The van der Waals surface area contributed by atoms with Crippen molar-refractivity contribution in [2.75, 3.05) is 0 Å². The number of thiocarbonyl (C=S) groups is 1. The summed E-state index contributed by atoms with van der Waals surface area (Å²) in [5, 5.41) is 1.73. The Morgan fingerprint density at radius 1 is 1.09 bits per heavy atom. The fourth-order valence-electron chi connectivity index (χ4n) is 2.23. The van der Waals surface area contributed by atoms with Gasteiger partial charge in [0.1, 0.15) is 5.01 Å². The molecule has 3 aromatic rings. The Balaban J connectivity index is 1.86. The predicted octanol–water partition coefficient (Wildman–Crippen LogP) is 5.73. The molecule has 1 aromatic heterocycles. The first kappa shape index (κ1) is 15.3. The molecular formula is C18H14ClNS2. The van der Waals surface area contributed by atoms with Crippen LogP contribution in [0.3, 0.4) is 0 Å². The Hall–Kier alpha value is -1.55. The third kappa shape index (κ3) is 3.27. The molecule has 2 aromatic carbocycles. The fraction of sp³-hybridized carbons (Fsp3) is 0.111. The summed E-state index contributed by atoms with van der Waals surface area (Å²) in [5.74, 6) is 0. The third-order valence-corrected chi connectivity index (χ3v) is 5.17. The number of rotatable bonds is 4. The number of aryl methyl sites for hydroxylation is 1. The number of hydrogen-bond acceptors (Lipinski definition) is 3. The van der Waals surface area contributed by atoms with Crippen LogP contribution in [-0.4, -0.2) is 9.85 Å². The van der Waals surface area contributed by atoms with Crippen LogP contribution in [-0.2, 0) is 6.42 Å². The maximum absolute atomic E-state index is 6.22. The molecule has 0 radical (unpaired) electrons. The molecule has 0 fully saturated rings. The average molecular weight is 344 g/mol. The van der Waals surface area contributed by atoms with E-state index in [4.69, 9.17) is 28.8 Å². The molecule has 3 rings (SSSR count). The van der Waals surface area contributed by atoms with E-state index in [0.29, 0.717) is 11.4 Å². The van der Waals surface area contributed by atoms with E-state index in [9.17, 15) is 0 Å². The van der Waals surface area contributed by atoms with Crippen molar-refractivity contribution in [1.82, 2.24) is 4.98 Å². The summed E-state index contributed by atoms with van der Waals surface area (Å²) >= 11 is 13.5. The zero-order valence-electron chi connectivity index (χ0n) is 12.0. The second-order valence-electron chi connectivity index (χ2n) is 4.97. The second kappa shape index (κ2) is 6.69. The standard InChI is InChI=1S/C18H14ClNS2/c1-12-16(11-17(21)14-9-5-6-10-15(14)19)20-18(22-12)13-7-3-2-4-8-13/h2-10H,11H2,1H3. The highest BCUT2D eigenvalue weighted by Gasteiger charge is 2.13. The Morgan fingerprint density at radius 3 is 2.50 bits per heavy atom. The first-order valence-corrected chi connectivity index (χ1v) is 8.55. The van der Waals surface area contributed by atoms with E-state index in [1.54, 1.807) is 11.3 Å². The molecule has 4 heteroatoms. The average Bonchev–Trinajstić information content (AvgIpc) is 2.89. The summed E-state index contributed by atoms with van der Waals surface area (Å²) in [4.78, 5) is 6.80. The molecule has 0 saturated heterocycles. The van der Waals surface area contributed by atoms with Crippen LogP contribution >= 0.6 is 35.2 Å². The first-order valence-electron chi connectivity index (χ1n) is 6.94. The normalized spacial score (nSPS) is 10.6. The molecule has 0 N–H and O–H groups in total. The first-order chi connectivity index (χ1) is 10.6. The monoisotopic (exact) mass is 343 g/mol. The van der Waals surface area contributed by atoms with Gasteiger partial charge < -0.3 is 0 Å². The van der Waals surface area contributed by atoms with E-state index < -0.39 is 0 Å². The number of benzene rings is 2. The molecule has 0 atom stereocenters. The van der Waals surface area contributed by atoms with Crippen LogP contribution in [0.15, 0.2) is 54.6 Å². The van der Waals surface area contributed by atoms with E-state index in [1.165, 1.54) is 4.88 Å². The highest BCUT2D eigenvalue weighted by atomic mass is 35.5. The highest BCUT2D eigenvalue weighted by molar-refractivity contribution is 7.80. The molecule has 0 aliphatic rings. The van der Waals surface area contributed by atoms with Gasteiger partial charge in [0.2, 0.25) is 0 Å². The van der Waals surface area contributed by atoms with Crippen LogP contribution in [0.4, 0.5) is 0 Å². The van der Waals surface area contributed by atoms with Gasteiger partial charge in [-0.2, -0.15) is 0 Å². The zero-order valence-corrected chi connectivity index (χ0v) is 14.4. The van der Waals surface area contributed by atoms with Gasteiger partial charge in [-0.05, 0) is 13.0 Å². The van der Waals surface area contributed by atoms with Gasteiger partial charge >= 0.3 is 0 Å². The predicted molar refractivity (Wildman–Crippen MR) is 99.1 cm³/mol. The Kier molecular flexibility index (Phi) is 4.67.